The number of rotatable bonds is 1. The molecule has 0 saturated heterocycles. The van der Waals surface area contributed by atoms with Crippen molar-refractivity contribution in [1.29, 1.82) is 0 Å². The molecule has 2 unspecified atom stereocenters. The van der Waals surface area contributed by atoms with Crippen LogP contribution in [0.3, 0.4) is 0 Å². The van der Waals surface area contributed by atoms with Crippen molar-refractivity contribution < 1.29 is 4.39 Å². The molecule has 2 atom stereocenters. The second kappa shape index (κ2) is 3.97. The van der Waals surface area contributed by atoms with Gasteiger partial charge < -0.3 is 10.6 Å². The van der Waals surface area contributed by atoms with Crippen molar-refractivity contribution in [1.82, 2.24) is 0 Å². The zero-order chi connectivity index (χ0) is 12.8. The highest BCUT2D eigenvalue weighted by Gasteiger charge is 2.47. The van der Waals surface area contributed by atoms with E-state index in [0.29, 0.717) is 24.1 Å². The highest BCUT2D eigenvalue weighted by Crippen LogP contribution is 2.44. The Kier molecular flexibility index (Phi) is 2.54. The topological polar surface area (TPSA) is 41.6 Å². The average molecular weight is 247 g/mol. The van der Waals surface area contributed by atoms with Crippen LogP contribution in [0.2, 0.25) is 0 Å². The molecule has 4 heteroatoms. The number of nitrogens with two attached hydrogens (primary N) is 1. The van der Waals surface area contributed by atoms with E-state index in [4.69, 9.17) is 5.73 Å². The van der Waals surface area contributed by atoms with E-state index in [1.165, 1.54) is 6.07 Å². The predicted octanol–water partition coefficient (Wildman–Crippen LogP) is 2.52. The van der Waals surface area contributed by atoms with Crippen LogP contribution in [-0.2, 0) is 0 Å². The summed E-state index contributed by atoms with van der Waals surface area (Å²) in [7, 11) is 0. The van der Waals surface area contributed by atoms with Crippen LogP contribution in [0.1, 0.15) is 26.2 Å². The Balaban J connectivity index is 2.03. The van der Waals surface area contributed by atoms with Gasteiger partial charge in [-0.05, 0) is 37.3 Å². The molecule has 96 valence electrons. The van der Waals surface area contributed by atoms with Crippen molar-refractivity contribution in [3.8, 4) is 0 Å². The lowest BCUT2D eigenvalue weighted by molar-refractivity contribution is 0.447. The first kappa shape index (κ1) is 11.5. The second-order valence-corrected chi connectivity index (χ2v) is 5.53. The number of benzene rings is 1. The van der Waals surface area contributed by atoms with Gasteiger partial charge in [-0.25, -0.2) is 4.39 Å². The van der Waals surface area contributed by atoms with Gasteiger partial charge in [-0.15, -0.1) is 0 Å². The number of anilines is 1. The molecule has 0 aromatic heterocycles. The molecular formula is C14H18FN3. The van der Waals surface area contributed by atoms with Gasteiger partial charge in [0, 0.05) is 0 Å². The quantitative estimate of drug-likeness (QED) is 0.828. The third-order valence-electron chi connectivity index (χ3n) is 4.16. The number of hydrogen-bond acceptors (Lipinski definition) is 3. The Morgan fingerprint density at radius 2 is 2.22 bits per heavy atom. The fraction of sp³-hybridized carbons (Fsp3) is 0.500. The zero-order valence-electron chi connectivity index (χ0n) is 10.6. The highest BCUT2D eigenvalue weighted by atomic mass is 19.1. The van der Waals surface area contributed by atoms with Crippen molar-refractivity contribution >= 4 is 11.6 Å². The lowest BCUT2D eigenvalue weighted by Gasteiger charge is -2.36. The van der Waals surface area contributed by atoms with Crippen LogP contribution < -0.4 is 10.6 Å². The number of aliphatic imine (C=N–C) groups is 1. The summed E-state index contributed by atoms with van der Waals surface area (Å²) in [6.45, 7) is 2.93. The molecule has 1 heterocycles. The summed E-state index contributed by atoms with van der Waals surface area (Å²) in [5.74, 6) is 0.881. The minimum atomic E-state index is -0.225. The maximum absolute atomic E-state index is 14.0. The first-order valence-electron chi connectivity index (χ1n) is 6.47. The summed E-state index contributed by atoms with van der Waals surface area (Å²) < 4.78 is 14.0. The summed E-state index contributed by atoms with van der Waals surface area (Å²) in [5.41, 5.74) is 6.46. The monoisotopic (exact) mass is 247 g/mol. The molecule has 1 aromatic carbocycles. The summed E-state index contributed by atoms with van der Waals surface area (Å²) in [6.07, 6.45) is 3.23. The fourth-order valence-electron chi connectivity index (χ4n) is 3.34. The van der Waals surface area contributed by atoms with Crippen molar-refractivity contribution in [2.75, 3.05) is 11.4 Å². The summed E-state index contributed by atoms with van der Waals surface area (Å²) in [5, 5.41) is 0. The van der Waals surface area contributed by atoms with Crippen LogP contribution in [0.5, 0.6) is 0 Å². The maximum atomic E-state index is 14.0. The molecule has 0 bridgehead atoms. The molecule has 1 fully saturated rings. The Labute approximate surface area is 106 Å². The summed E-state index contributed by atoms with van der Waals surface area (Å²) in [4.78, 5) is 6.28. The second-order valence-electron chi connectivity index (χ2n) is 5.53. The standard InChI is InChI=1S/C14H18FN3/c1-10-6-7-14(8-10)9-17-13(16)18(14)12-5-3-2-4-11(12)15/h2-5,10H,6-9H2,1H3,(H2,16,17). The highest BCUT2D eigenvalue weighted by molar-refractivity contribution is 5.98. The summed E-state index contributed by atoms with van der Waals surface area (Å²) >= 11 is 0. The van der Waals surface area contributed by atoms with Crippen LogP contribution >= 0.6 is 0 Å². The minimum absolute atomic E-state index is 0.0916. The SMILES string of the molecule is CC1CCC2(CN=C(N)N2c2ccccc2F)C1. The number of para-hydroxylation sites is 1. The van der Waals surface area contributed by atoms with Crippen molar-refractivity contribution in [3.05, 3.63) is 30.1 Å². The van der Waals surface area contributed by atoms with Crippen LogP contribution in [0.25, 0.3) is 0 Å². The Hall–Kier alpha value is -1.58. The number of halogens is 1. The van der Waals surface area contributed by atoms with E-state index in [2.05, 4.69) is 11.9 Å². The Morgan fingerprint density at radius 3 is 2.89 bits per heavy atom. The lowest BCUT2D eigenvalue weighted by Crippen LogP contribution is -2.50. The first-order valence-corrected chi connectivity index (χ1v) is 6.47. The van der Waals surface area contributed by atoms with E-state index >= 15 is 0 Å². The molecule has 1 saturated carbocycles. The molecular weight excluding hydrogens is 229 g/mol. The van der Waals surface area contributed by atoms with Gasteiger partial charge in [0.15, 0.2) is 5.96 Å². The molecule has 1 spiro atoms. The predicted molar refractivity (Wildman–Crippen MR) is 71.1 cm³/mol. The van der Waals surface area contributed by atoms with E-state index < -0.39 is 0 Å². The zero-order valence-corrected chi connectivity index (χ0v) is 10.6. The van der Waals surface area contributed by atoms with Gasteiger partial charge in [-0.3, -0.25) is 4.99 Å². The first-order chi connectivity index (χ1) is 8.62. The van der Waals surface area contributed by atoms with Gasteiger partial charge in [-0.1, -0.05) is 19.1 Å². The van der Waals surface area contributed by atoms with Crippen LogP contribution in [0.15, 0.2) is 29.3 Å². The van der Waals surface area contributed by atoms with Gasteiger partial charge >= 0.3 is 0 Å². The Morgan fingerprint density at radius 1 is 1.44 bits per heavy atom. The van der Waals surface area contributed by atoms with Gasteiger partial charge in [0.25, 0.3) is 0 Å². The molecule has 3 nitrogen and oxygen atoms in total. The molecule has 2 aliphatic rings. The van der Waals surface area contributed by atoms with E-state index in [1.54, 1.807) is 12.1 Å². The molecule has 1 aliphatic carbocycles. The molecule has 0 radical (unpaired) electrons. The molecule has 18 heavy (non-hydrogen) atoms. The minimum Gasteiger partial charge on any atom is -0.369 e. The van der Waals surface area contributed by atoms with Crippen molar-refractivity contribution in [2.24, 2.45) is 16.6 Å². The van der Waals surface area contributed by atoms with E-state index in [9.17, 15) is 4.39 Å². The lowest BCUT2D eigenvalue weighted by atomic mass is 9.94. The van der Waals surface area contributed by atoms with E-state index in [0.717, 1.165) is 19.3 Å². The van der Waals surface area contributed by atoms with Crippen LogP contribution in [-0.4, -0.2) is 18.0 Å². The summed E-state index contributed by atoms with van der Waals surface area (Å²) in [6, 6.07) is 6.81. The van der Waals surface area contributed by atoms with Crippen LogP contribution in [0.4, 0.5) is 10.1 Å². The molecule has 1 aromatic rings. The van der Waals surface area contributed by atoms with Gasteiger partial charge in [-0.2, -0.15) is 0 Å². The third-order valence-corrected chi connectivity index (χ3v) is 4.16. The molecule has 1 aliphatic heterocycles. The molecule has 2 N–H and O–H groups in total. The van der Waals surface area contributed by atoms with E-state index in [-0.39, 0.29) is 11.4 Å². The van der Waals surface area contributed by atoms with Crippen LogP contribution in [0, 0.1) is 11.7 Å². The number of guanidine groups is 1. The average Bonchev–Trinajstić information content (AvgIpc) is 2.86. The van der Waals surface area contributed by atoms with Crippen molar-refractivity contribution in [2.45, 2.75) is 31.7 Å². The molecule has 3 rings (SSSR count). The van der Waals surface area contributed by atoms with E-state index in [1.807, 2.05) is 11.0 Å². The van der Waals surface area contributed by atoms with Gasteiger partial charge in [0.1, 0.15) is 5.82 Å². The largest absolute Gasteiger partial charge is 0.369 e. The maximum Gasteiger partial charge on any atom is 0.196 e. The number of hydrogen-bond donors (Lipinski definition) is 1. The van der Waals surface area contributed by atoms with Gasteiger partial charge in [0.05, 0.1) is 17.8 Å². The number of nitrogens with zero attached hydrogens (tertiary/aromatic N) is 2. The normalized spacial score (nSPS) is 31.1. The molecule has 0 amide bonds. The Bertz CT molecular complexity index is 500. The smallest absolute Gasteiger partial charge is 0.196 e. The van der Waals surface area contributed by atoms with Gasteiger partial charge in [0.2, 0.25) is 0 Å². The third kappa shape index (κ3) is 1.59. The van der Waals surface area contributed by atoms with Crippen molar-refractivity contribution in [3.63, 3.8) is 0 Å². The fourth-order valence-corrected chi connectivity index (χ4v) is 3.34.